The van der Waals surface area contributed by atoms with Crippen LogP contribution in [0.4, 0.5) is 5.13 Å². The van der Waals surface area contributed by atoms with Gasteiger partial charge in [0.05, 0.1) is 0 Å². The molecule has 1 amide bonds. The lowest BCUT2D eigenvalue weighted by Gasteiger charge is -2.06. The summed E-state index contributed by atoms with van der Waals surface area (Å²) < 4.78 is 0. The molecule has 1 aromatic carbocycles. The molecule has 0 saturated carbocycles. The molecule has 110 valence electrons. The molecule has 0 aliphatic rings. The highest BCUT2D eigenvalue weighted by atomic mass is 32.1. The number of ketones is 1. The fraction of sp³-hybridized carbons (Fsp3) is 0.333. The van der Waals surface area contributed by atoms with E-state index in [2.05, 4.69) is 15.5 Å². The molecule has 0 atom stereocenters. The lowest BCUT2D eigenvalue weighted by Crippen LogP contribution is -2.13. The number of hydrogen-bond donors (Lipinski definition) is 1. The summed E-state index contributed by atoms with van der Waals surface area (Å²) in [5.74, 6) is -0.232. The summed E-state index contributed by atoms with van der Waals surface area (Å²) in [4.78, 5) is 24.0. The second kappa shape index (κ2) is 6.58. The van der Waals surface area contributed by atoms with E-state index in [1.165, 1.54) is 11.3 Å². The van der Waals surface area contributed by atoms with Gasteiger partial charge in [-0.2, -0.15) is 0 Å². The first kappa shape index (κ1) is 15.3. The maximum absolute atomic E-state index is 12.2. The number of nitrogens with one attached hydrogen (secondary N) is 1. The van der Waals surface area contributed by atoms with Crippen LogP contribution in [-0.2, 0) is 4.79 Å². The Labute approximate surface area is 127 Å². The third-order valence-electron chi connectivity index (χ3n) is 3.04. The zero-order valence-corrected chi connectivity index (χ0v) is 13.1. The minimum absolute atomic E-state index is 0.0141. The Hall–Kier alpha value is -2.08. The van der Waals surface area contributed by atoms with E-state index < -0.39 is 0 Å². The normalized spacial score (nSPS) is 10.4. The number of aryl methyl sites for hydroxylation is 3. The van der Waals surface area contributed by atoms with Crippen LogP contribution in [0.15, 0.2) is 18.2 Å². The highest BCUT2D eigenvalue weighted by molar-refractivity contribution is 7.15. The van der Waals surface area contributed by atoms with Gasteiger partial charge in [-0.05, 0) is 32.4 Å². The molecule has 0 saturated heterocycles. The van der Waals surface area contributed by atoms with Crippen LogP contribution in [0.5, 0.6) is 0 Å². The molecule has 1 aromatic heterocycles. The van der Waals surface area contributed by atoms with Gasteiger partial charge in [0.15, 0.2) is 5.78 Å². The molecule has 21 heavy (non-hydrogen) atoms. The van der Waals surface area contributed by atoms with Gasteiger partial charge in [0.1, 0.15) is 5.01 Å². The zero-order chi connectivity index (χ0) is 15.4. The maximum atomic E-state index is 12.2. The van der Waals surface area contributed by atoms with Gasteiger partial charge >= 0.3 is 0 Å². The molecule has 0 aliphatic heterocycles. The largest absolute Gasteiger partial charge is 0.301 e. The average Bonchev–Trinajstić information content (AvgIpc) is 2.84. The Bertz CT molecular complexity index is 679. The van der Waals surface area contributed by atoms with Crippen LogP contribution in [0, 0.1) is 20.8 Å². The topological polar surface area (TPSA) is 72.0 Å². The molecule has 0 bridgehead atoms. The number of amides is 1. The van der Waals surface area contributed by atoms with E-state index in [-0.39, 0.29) is 24.5 Å². The predicted molar refractivity (Wildman–Crippen MR) is 82.8 cm³/mol. The van der Waals surface area contributed by atoms with Crippen molar-refractivity contribution in [3.05, 3.63) is 39.9 Å². The Morgan fingerprint density at radius 3 is 2.57 bits per heavy atom. The quantitative estimate of drug-likeness (QED) is 0.862. The van der Waals surface area contributed by atoms with E-state index in [0.29, 0.717) is 10.7 Å². The minimum atomic E-state index is -0.218. The second-order valence-corrected chi connectivity index (χ2v) is 6.10. The van der Waals surface area contributed by atoms with Gasteiger partial charge in [0.25, 0.3) is 0 Å². The molecule has 0 fully saturated rings. The van der Waals surface area contributed by atoms with Crippen molar-refractivity contribution >= 4 is 28.2 Å². The number of rotatable bonds is 5. The zero-order valence-electron chi connectivity index (χ0n) is 12.3. The lowest BCUT2D eigenvalue weighted by atomic mass is 9.99. The van der Waals surface area contributed by atoms with Crippen molar-refractivity contribution < 1.29 is 9.59 Å². The molecule has 1 heterocycles. The first-order chi connectivity index (χ1) is 9.95. The van der Waals surface area contributed by atoms with Crippen LogP contribution in [0.25, 0.3) is 0 Å². The maximum Gasteiger partial charge on any atom is 0.226 e. The fourth-order valence-corrected chi connectivity index (χ4v) is 2.53. The molecule has 2 rings (SSSR count). The molecule has 5 nitrogen and oxygen atoms in total. The summed E-state index contributed by atoms with van der Waals surface area (Å²) >= 11 is 1.31. The number of benzene rings is 1. The number of hydrogen-bond acceptors (Lipinski definition) is 5. The van der Waals surface area contributed by atoms with Crippen molar-refractivity contribution in [2.45, 2.75) is 33.6 Å². The SMILES string of the molecule is Cc1ccc(C)c(C(=O)CCC(=O)Nc2nnc(C)s2)c1. The molecule has 0 unspecified atom stereocenters. The monoisotopic (exact) mass is 303 g/mol. The number of carbonyl (C=O) groups excluding carboxylic acids is 2. The van der Waals surface area contributed by atoms with Gasteiger partial charge in [0, 0.05) is 18.4 Å². The summed E-state index contributed by atoms with van der Waals surface area (Å²) in [6.45, 7) is 5.66. The van der Waals surface area contributed by atoms with Crippen molar-refractivity contribution in [1.29, 1.82) is 0 Å². The van der Waals surface area contributed by atoms with E-state index in [1.807, 2.05) is 39.0 Å². The van der Waals surface area contributed by atoms with Gasteiger partial charge < -0.3 is 5.32 Å². The molecule has 2 aromatic rings. The van der Waals surface area contributed by atoms with E-state index in [0.717, 1.165) is 16.1 Å². The van der Waals surface area contributed by atoms with E-state index in [4.69, 9.17) is 0 Å². The molecule has 6 heteroatoms. The van der Waals surface area contributed by atoms with Crippen LogP contribution in [0.2, 0.25) is 0 Å². The Kier molecular flexibility index (Phi) is 4.80. The fourth-order valence-electron chi connectivity index (χ4n) is 1.93. The summed E-state index contributed by atoms with van der Waals surface area (Å²) in [7, 11) is 0. The van der Waals surface area contributed by atoms with Crippen molar-refractivity contribution in [3.8, 4) is 0 Å². The van der Waals surface area contributed by atoms with Gasteiger partial charge in [-0.3, -0.25) is 9.59 Å². The predicted octanol–water partition coefficient (Wildman–Crippen LogP) is 3.06. The molecular formula is C15H17N3O2S. The summed E-state index contributed by atoms with van der Waals surface area (Å²) in [6, 6.07) is 5.76. The Morgan fingerprint density at radius 2 is 1.90 bits per heavy atom. The lowest BCUT2D eigenvalue weighted by molar-refractivity contribution is -0.116. The van der Waals surface area contributed by atoms with Gasteiger partial charge in [0.2, 0.25) is 11.0 Å². The van der Waals surface area contributed by atoms with Gasteiger partial charge in [-0.15, -0.1) is 10.2 Å². The number of Topliss-reactive ketones (excluding diaryl/α,β-unsaturated/α-hetero) is 1. The van der Waals surface area contributed by atoms with E-state index >= 15 is 0 Å². The first-order valence-electron chi connectivity index (χ1n) is 6.66. The Balaban J connectivity index is 1.91. The summed E-state index contributed by atoms with van der Waals surface area (Å²) in [5, 5.41) is 11.5. The number of anilines is 1. The molecular weight excluding hydrogens is 286 g/mol. The standard InChI is InChI=1S/C15H17N3O2S/c1-9-4-5-10(2)12(8-9)13(19)6-7-14(20)16-15-18-17-11(3)21-15/h4-5,8H,6-7H2,1-3H3,(H,16,18,20). The second-order valence-electron chi connectivity index (χ2n) is 4.92. The number of aromatic nitrogens is 2. The van der Waals surface area contributed by atoms with Crippen LogP contribution >= 0.6 is 11.3 Å². The summed E-state index contributed by atoms with van der Waals surface area (Å²) in [5.41, 5.74) is 2.66. The first-order valence-corrected chi connectivity index (χ1v) is 7.48. The third kappa shape index (κ3) is 4.19. The highest BCUT2D eigenvalue weighted by Gasteiger charge is 2.13. The van der Waals surface area contributed by atoms with Crippen molar-refractivity contribution in [2.75, 3.05) is 5.32 Å². The average molecular weight is 303 g/mol. The Morgan fingerprint density at radius 1 is 1.14 bits per heavy atom. The number of nitrogens with zero attached hydrogens (tertiary/aromatic N) is 2. The van der Waals surface area contributed by atoms with Gasteiger partial charge in [-0.1, -0.05) is 29.0 Å². The van der Waals surface area contributed by atoms with Gasteiger partial charge in [-0.25, -0.2) is 0 Å². The van der Waals surface area contributed by atoms with Crippen molar-refractivity contribution in [3.63, 3.8) is 0 Å². The molecule has 0 spiro atoms. The van der Waals surface area contributed by atoms with E-state index in [9.17, 15) is 9.59 Å². The van der Waals surface area contributed by atoms with E-state index in [1.54, 1.807) is 0 Å². The van der Waals surface area contributed by atoms with Crippen molar-refractivity contribution in [2.24, 2.45) is 0 Å². The smallest absolute Gasteiger partial charge is 0.226 e. The van der Waals surface area contributed by atoms with Crippen LogP contribution in [0.3, 0.4) is 0 Å². The number of carbonyl (C=O) groups is 2. The van der Waals surface area contributed by atoms with Crippen molar-refractivity contribution in [1.82, 2.24) is 10.2 Å². The molecule has 0 radical (unpaired) electrons. The molecule has 0 aliphatic carbocycles. The third-order valence-corrected chi connectivity index (χ3v) is 3.80. The molecule has 1 N–H and O–H groups in total. The highest BCUT2D eigenvalue weighted by Crippen LogP contribution is 2.16. The van der Waals surface area contributed by atoms with Crippen LogP contribution in [-0.4, -0.2) is 21.9 Å². The van der Waals surface area contributed by atoms with Crippen LogP contribution < -0.4 is 5.32 Å². The van der Waals surface area contributed by atoms with Crippen LogP contribution in [0.1, 0.15) is 39.3 Å². The minimum Gasteiger partial charge on any atom is -0.301 e. The summed E-state index contributed by atoms with van der Waals surface area (Å²) in [6.07, 6.45) is 0.332.